The minimum Gasteiger partial charge on any atom is -0.457 e. The first-order chi connectivity index (χ1) is 25.2. The molecule has 4 heteroatoms. The minimum atomic E-state index is -0.563. The second-order valence-corrected chi connectivity index (χ2v) is 12.9. The highest BCUT2D eigenvalue weighted by atomic mass is 16.6. The van der Waals surface area contributed by atoms with Gasteiger partial charge in [-0.15, -0.1) is 0 Å². The number of rotatable bonds is 36. The van der Waals surface area contributed by atoms with E-state index in [0.717, 1.165) is 109 Å². The first-order valence-electron chi connectivity index (χ1n) is 20.5. The van der Waals surface area contributed by atoms with Gasteiger partial charge < -0.3 is 14.6 Å². The third kappa shape index (κ3) is 41.4. The van der Waals surface area contributed by atoms with Crippen LogP contribution < -0.4 is 0 Å². The van der Waals surface area contributed by atoms with E-state index in [4.69, 9.17) is 9.47 Å². The number of aliphatic hydroxyl groups is 1. The summed E-state index contributed by atoms with van der Waals surface area (Å²) < 4.78 is 11.1. The van der Waals surface area contributed by atoms with Crippen LogP contribution in [0, 0.1) is 0 Å². The van der Waals surface area contributed by atoms with Gasteiger partial charge >= 0.3 is 5.97 Å². The summed E-state index contributed by atoms with van der Waals surface area (Å²) in [5.74, 6) is -0.235. The normalized spacial score (nSPS) is 13.5. The number of unbranched alkanes of at least 4 members (excludes halogenated alkanes) is 10. The maximum atomic E-state index is 12.2. The van der Waals surface area contributed by atoms with Gasteiger partial charge in [-0.25, -0.2) is 0 Å². The smallest absolute Gasteiger partial charge is 0.306 e. The highest BCUT2D eigenvalue weighted by molar-refractivity contribution is 5.69. The van der Waals surface area contributed by atoms with Crippen LogP contribution in [0.25, 0.3) is 0 Å². The molecule has 0 aliphatic rings. The fraction of sp³-hybridized carbons (Fsp3) is 0.596. The Hall–Kier alpha value is -2.95. The van der Waals surface area contributed by atoms with Crippen LogP contribution in [0.2, 0.25) is 0 Å². The zero-order valence-corrected chi connectivity index (χ0v) is 32.8. The Kier molecular flexibility index (Phi) is 40.7. The van der Waals surface area contributed by atoms with Gasteiger partial charge in [-0.2, -0.15) is 0 Å². The molecule has 0 heterocycles. The van der Waals surface area contributed by atoms with Gasteiger partial charge in [-0.1, -0.05) is 162 Å². The molecule has 0 fully saturated rings. The number of hydrogen-bond donors (Lipinski definition) is 1. The van der Waals surface area contributed by atoms with Crippen LogP contribution in [0.3, 0.4) is 0 Å². The number of aliphatic hydroxyl groups excluding tert-OH is 1. The van der Waals surface area contributed by atoms with Crippen molar-refractivity contribution in [2.75, 3.05) is 19.8 Å². The molecule has 0 bridgehead atoms. The molecule has 0 aliphatic carbocycles. The molecule has 1 N–H and O–H groups in total. The van der Waals surface area contributed by atoms with Crippen molar-refractivity contribution in [2.45, 2.75) is 161 Å². The maximum Gasteiger partial charge on any atom is 0.306 e. The highest BCUT2D eigenvalue weighted by Crippen LogP contribution is 2.10. The summed E-state index contributed by atoms with van der Waals surface area (Å²) in [4.78, 5) is 12.2. The molecule has 288 valence electrons. The molecule has 0 aromatic heterocycles. The lowest BCUT2D eigenvalue weighted by molar-refractivity contribution is -0.154. The van der Waals surface area contributed by atoms with E-state index in [1.807, 2.05) is 0 Å². The Balaban J connectivity index is 3.57. The molecule has 4 nitrogen and oxygen atoms in total. The van der Waals surface area contributed by atoms with E-state index >= 15 is 0 Å². The second kappa shape index (κ2) is 43.2. The quantitative estimate of drug-likeness (QED) is 0.0401. The summed E-state index contributed by atoms with van der Waals surface area (Å²) in [7, 11) is 0. The number of hydrogen-bond acceptors (Lipinski definition) is 4. The standard InChI is InChI=1S/C47H76O4/c1-3-5-7-9-11-13-15-17-19-21-22-23-24-25-27-29-31-33-35-37-39-41-43-50-45-46(44-48)51-47(49)42-40-38-36-34-32-30-28-26-20-18-16-14-12-10-8-6-4-2/h5-8,11-14,17-20,22-23,25,27-28,30,46,48H,3-4,9-10,15-16,21,24,26,29,31-45H2,1-2H3/b7-5-,8-6-,13-11-,14-12-,19-17-,20-18-,23-22-,27-25-,30-28-. The number of esters is 1. The molecule has 0 radical (unpaired) electrons. The van der Waals surface area contributed by atoms with Gasteiger partial charge in [0.05, 0.1) is 13.2 Å². The average Bonchev–Trinajstić information content (AvgIpc) is 3.14. The fourth-order valence-electron chi connectivity index (χ4n) is 5.11. The van der Waals surface area contributed by atoms with Gasteiger partial charge in [0.25, 0.3) is 0 Å². The van der Waals surface area contributed by atoms with Crippen molar-refractivity contribution in [1.29, 1.82) is 0 Å². The molecule has 1 atom stereocenters. The molecule has 0 rings (SSSR count). The zero-order valence-electron chi connectivity index (χ0n) is 32.8. The van der Waals surface area contributed by atoms with Crippen LogP contribution >= 0.6 is 0 Å². The van der Waals surface area contributed by atoms with E-state index in [2.05, 4.69) is 123 Å². The molecular formula is C47H76O4. The van der Waals surface area contributed by atoms with Crippen molar-refractivity contribution >= 4 is 5.97 Å². The second-order valence-electron chi connectivity index (χ2n) is 12.9. The van der Waals surface area contributed by atoms with Gasteiger partial charge in [0, 0.05) is 13.0 Å². The van der Waals surface area contributed by atoms with Crippen LogP contribution in [-0.4, -0.2) is 37.0 Å². The van der Waals surface area contributed by atoms with Crippen molar-refractivity contribution in [3.8, 4) is 0 Å². The van der Waals surface area contributed by atoms with E-state index in [0.29, 0.717) is 13.0 Å². The van der Waals surface area contributed by atoms with Crippen LogP contribution in [-0.2, 0) is 14.3 Å². The third-order valence-corrected chi connectivity index (χ3v) is 8.09. The molecule has 0 aliphatic heterocycles. The fourth-order valence-corrected chi connectivity index (χ4v) is 5.11. The maximum absolute atomic E-state index is 12.2. The van der Waals surface area contributed by atoms with E-state index in [1.165, 1.54) is 25.7 Å². The topological polar surface area (TPSA) is 55.8 Å². The first-order valence-corrected chi connectivity index (χ1v) is 20.5. The average molecular weight is 705 g/mol. The zero-order chi connectivity index (χ0) is 37.0. The summed E-state index contributed by atoms with van der Waals surface area (Å²) in [5.41, 5.74) is 0. The van der Waals surface area contributed by atoms with Gasteiger partial charge in [0.2, 0.25) is 0 Å². The Bertz CT molecular complexity index is 1010. The Morgan fingerprint density at radius 1 is 0.471 bits per heavy atom. The summed E-state index contributed by atoms with van der Waals surface area (Å²) in [6, 6.07) is 0. The molecule has 0 spiro atoms. The molecule has 51 heavy (non-hydrogen) atoms. The number of ether oxygens (including phenoxy) is 2. The predicted molar refractivity (Wildman–Crippen MR) is 223 cm³/mol. The van der Waals surface area contributed by atoms with Crippen LogP contribution in [0.5, 0.6) is 0 Å². The Labute approximate surface area is 315 Å². The van der Waals surface area contributed by atoms with Crippen molar-refractivity contribution < 1.29 is 19.4 Å². The first kappa shape index (κ1) is 48.0. The Morgan fingerprint density at radius 3 is 1.24 bits per heavy atom. The molecule has 1 unspecified atom stereocenters. The Morgan fingerprint density at radius 2 is 0.824 bits per heavy atom. The van der Waals surface area contributed by atoms with Crippen LogP contribution in [0.1, 0.15) is 155 Å². The summed E-state index contributed by atoms with van der Waals surface area (Å²) in [6.45, 7) is 5.03. The largest absolute Gasteiger partial charge is 0.457 e. The van der Waals surface area contributed by atoms with Gasteiger partial charge in [0.1, 0.15) is 6.10 Å². The van der Waals surface area contributed by atoms with Crippen molar-refractivity contribution in [3.63, 3.8) is 0 Å². The van der Waals surface area contributed by atoms with Crippen LogP contribution in [0.15, 0.2) is 109 Å². The van der Waals surface area contributed by atoms with Crippen molar-refractivity contribution in [3.05, 3.63) is 109 Å². The molecule has 0 aromatic carbocycles. The lowest BCUT2D eigenvalue weighted by atomic mass is 10.1. The summed E-state index contributed by atoms with van der Waals surface area (Å²) >= 11 is 0. The highest BCUT2D eigenvalue weighted by Gasteiger charge is 2.13. The lowest BCUT2D eigenvalue weighted by Gasteiger charge is -2.15. The van der Waals surface area contributed by atoms with Crippen LogP contribution in [0.4, 0.5) is 0 Å². The van der Waals surface area contributed by atoms with Gasteiger partial charge in [-0.3, -0.25) is 4.79 Å². The molecule has 0 saturated heterocycles. The van der Waals surface area contributed by atoms with E-state index in [1.54, 1.807) is 0 Å². The van der Waals surface area contributed by atoms with E-state index in [9.17, 15) is 9.90 Å². The molecule has 0 saturated carbocycles. The lowest BCUT2D eigenvalue weighted by Crippen LogP contribution is -2.27. The van der Waals surface area contributed by atoms with Crippen molar-refractivity contribution in [2.24, 2.45) is 0 Å². The number of carbonyl (C=O) groups is 1. The van der Waals surface area contributed by atoms with Gasteiger partial charge in [0.15, 0.2) is 0 Å². The van der Waals surface area contributed by atoms with Gasteiger partial charge in [-0.05, 0) is 96.3 Å². The molecular weight excluding hydrogens is 629 g/mol. The summed E-state index contributed by atoms with van der Waals surface area (Å²) in [6.07, 6.45) is 62.8. The molecule has 0 aromatic rings. The number of allylic oxidation sites excluding steroid dienone is 18. The van der Waals surface area contributed by atoms with Crippen molar-refractivity contribution in [1.82, 2.24) is 0 Å². The molecule has 0 amide bonds. The predicted octanol–water partition coefficient (Wildman–Crippen LogP) is 13.5. The third-order valence-electron chi connectivity index (χ3n) is 8.09. The SMILES string of the molecule is CC/C=C\C/C=C\C/C=C\C/C=C\C/C=C\CCCCCCCCOCC(CO)OC(=O)CCCCCC/C=C\C/C=C\C/C=C\C/C=C\CC. The van der Waals surface area contributed by atoms with E-state index in [-0.39, 0.29) is 19.2 Å². The monoisotopic (exact) mass is 705 g/mol. The van der Waals surface area contributed by atoms with E-state index < -0.39 is 6.10 Å². The number of carbonyl (C=O) groups excluding carboxylic acids is 1. The summed E-state index contributed by atoms with van der Waals surface area (Å²) in [5, 5.41) is 9.59. The minimum absolute atomic E-state index is 0.196.